The molecule has 1 aliphatic rings. The van der Waals surface area contributed by atoms with Gasteiger partial charge in [-0.15, -0.1) is 0 Å². The van der Waals surface area contributed by atoms with E-state index >= 15 is 0 Å². The van der Waals surface area contributed by atoms with Crippen LogP contribution in [0.2, 0.25) is 0 Å². The molecule has 0 aliphatic carbocycles. The molecule has 4 rings (SSSR count). The number of benzene rings is 2. The number of non-ortho nitro benzene ring substituents is 1. The van der Waals surface area contributed by atoms with E-state index in [0.29, 0.717) is 11.5 Å². The predicted molar refractivity (Wildman–Crippen MR) is 112 cm³/mol. The number of Topliss-reactive ketones (excluding diaryl/α,β-unsaturated/α-hetero) is 1. The van der Waals surface area contributed by atoms with Gasteiger partial charge >= 0.3 is 5.91 Å². The minimum absolute atomic E-state index is 0.0508. The molecule has 0 radical (unpaired) electrons. The number of aliphatic hydroxyl groups excluding tert-OH is 1. The van der Waals surface area contributed by atoms with Gasteiger partial charge < -0.3 is 14.4 Å². The molecule has 2 aromatic carbocycles. The lowest BCUT2D eigenvalue weighted by Gasteiger charge is -2.22. The Morgan fingerprint density at radius 2 is 1.91 bits per heavy atom. The number of nitro groups is 1. The molecular formula is C22H17N3O7. The molecule has 1 fully saturated rings. The molecule has 10 nitrogen and oxygen atoms in total. The quantitative estimate of drug-likeness (QED) is 0.211. The SMILES string of the molecule is COc1ccc(/C(O)=C2\C(=O)C(=O)N(c3cc(C)on3)[C@@H]2c2cccc([N+](=O)[O-])c2)cc1. The normalized spacial score (nSPS) is 17.6. The number of aliphatic hydroxyl groups is 1. The van der Waals surface area contributed by atoms with Crippen LogP contribution in [0.15, 0.2) is 64.7 Å². The third-order valence-electron chi connectivity index (χ3n) is 5.07. The first-order chi connectivity index (χ1) is 15.3. The summed E-state index contributed by atoms with van der Waals surface area (Å²) in [5.74, 6) is -1.33. The van der Waals surface area contributed by atoms with Crippen molar-refractivity contribution in [2.45, 2.75) is 13.0 Å². The second-order valence-corrected chi connectivity index (χ2v) is 7.05. The molecule has 32 heavy (non-hydrogen) atoms. The van der Waals surface area contributed by atoms with Crippen LogP contribution in [-0.4, -0.2) is 34.0 Å². The minimum atomic E-state index is -1.15. The molecule has 1 amide bonds. The van der Waals surface area contributed by atoms with E-state index in [4.69, 9.17) is 9.26 Å². The number of aromatic nitrogens is 1. The van der Waals surface area contributed by atoms with E-state index in [0.717, 1.165) is 4.90 Å². The molecule has 3 aromatic rings. The molecule has 1 atom stereocenters. The van der Waals surface area contributed by atoms with E-state index < -0.39 is 28.4 Å². The maximum atomic E-state index is 13.0. The summed E-state index contributed by atoms with van der Waals surface area (Å²) >= 11 is 0. The monoisotopic (exact) mass is 435 g/mol. The summed E-state index contributed by atoms with van der Waals surface area (Å²) in [5.41, 5.74) is 0.0832. The summed E-state index contributed by atoms with van der Waals surface area (Å²) in [6.45, 7) is 1.62. The highest BCUT2D eigenvalue weighted by Gasteiger charge is 2.48. The van der Waals surface area contributed by atoms with E-state index in [2.05, 4.69) is 5.16 Å². The Morgan fingerprint density at radius 1 is 1.19 bits per heavy atom. The summed E-state index contributed by atoms with van der Waals surface area (Å²) in [5, 5.41) is 26.1. The van der Waals surface area contributed by atoms with E-state index in [1.807, 2.05) is 0 Å². The number of rotatable bonds is 5. The van der Waals surface area contributed by atoms with Crippen LogP contribution in [0.5, 0.6) is 5.75 Å². The van der Waals surface area contributed by atoms with Crippen molar-refractivity contribution in [2.24, 2.45) is 0 Å². The van der Waals surface area contributed by atoms with Gasteiger partial charge in [-0.05, 0) is 36.8 Å². The molecule has 0 spiro atoms. The number of carbonyl (C=O) groups is 2. The standard InChI is InChI=1S/C22H17N3O7/c1-12-10-17(23-32-12)24-19(14-4-3-5-15(11-14)25(29)30)18(21(27)22(24)28)20(26)13-6-8-16(31-2)9-7-13/h3-11,19,26H,1-2H3/b20-18+/t19-/m1/s1. The summed E-state index contributed by atoms with van der Waals surface area (Å²) in [6.07, 6.45) is 0. The Bertz CT molecular complexity index is 1260. The van der Waals surface area contributed by atoms with Crippen LogP contribution in [-0.2, 0) is 9.59 Å². The zero-order chi connectivity index (χ0) is 23.0. The first-order valence-electron chi connectivity index (χ1n) is 9.45. The number of ether oxygens (including phenoxy) is 1. The number of nitrogens with zero attached hydrogens (tertiary/aromatic N) is 3. The summed E-state index contributed by atoms with van der Waals surface area (Å²) < 4.78 is 10.2. The highest BCUT2D eigenvalue weighted by Crippen LogP contribution is 2.42. The minimum Gasteiger partial charge on any atom is -0.507 e. The predicted octanol–water partition coefficient (Wildman–Crippen LogP) is 3.53. The second kappa shape index (κ2) is 7.99. The average Bonchev–Trinajstić information content (AvgIpc) is 3.34. The van der Waals surface area contributed by atoms with Crippen molar-refractivity contribution in [2.75, 3.05) is 12.0 Å². The van der Waals surface area contributed by atoms with Crippen molar-refractivity contribution in [1.82, 2.24) is 5.16 Å². The number of hydrogen-bond acceptors (Lipinski definition) is 8. The van der Waals surface area contributed by atoms with Crippen LogP contribution in [0.25, 0.3) is 5.76 Å². The van der Waals surface area contributed by atoms with E-state index in [1.165, 1.54) is 49.6 Å². The maximum Gasteiger partial charge on any atom is 0.301 e. The number of carbonyl (C=O) groups excluding carboxylic acids is 2. The second-order valence-electron chi connectivity index (χ2n) is 7.05. The van der Waals surface area contributed by atoms with Gasteiger partial charge in [-0.2, -0.15) is 0 Å². The molecule has 1 saturated heterocycles. The van der Waals surface area contributed by atoms with Crippen molar-refractivity contribution >= 4 is 29.0 Å². The molecule has 10 heteroatoms. The molecule has 1 aliphatic heterocycles. The topological polar surface area (TPSA) is 136 Å². The smallest absolute Gasteiger partial charge is 0.301 e. The molecule has 162 valence electrons. The van der Waals surface area contributed by atoms with Crippen molar-refractivity contribution in [3.8, 4) is 5.75 Å². The molecule has 0 saturated carbocycles. The lowest BCUT2D eigenvalue weighted by atomic mass is 9.95. The van der Waals surface area contributed by atoms with E-state index in [9.17, 15) is 24.8 Å². The zero-order valence-electron chi connectivity index (χ0n) is 17.0. The number of amides is 1. The summed E-state index contributed by atoms with van der Waals surface area (Å²) in [6, 6.07) is 12.1. The Balaban J connectivity index is 1.94. The molecular weight excluding hydrogens is 418 g/mol. The number of nitro benzene ring substituents is 1. The van der Waals surface area contributed by atoms with E-state index in [1.54, 1.807) is 19.1 Å². The number of aryl methyl sites for hydroxylation is 1. The Morgan fingerprint density at radius 3 is 2.50 bits per heavy atom. The van der Waals surface area contributed by atoms with Gasteiger partial charge in [0.25, 0.3) is 11.5 Å². The third kappa shape index (κ3) is 3.47. The zero-order valence-corrected chi connectivity index (χ0v) is 17.0. The van der Waals surface area contributed by atoms with Gasteiger partial charge in [0, 0.05) is 23.8 Å². The lowest BCUT2D eigenvalue weighted by Crippen LogP contribution is -2.29. The van der Waals surface area contributed by atoms with Crippen LogP contribution in [0.4, 0.5) is 11.5 Å². The van der Waals surface area contributed by atoms with Crippen LogP contribution in [0, 0.1) is 17.0 Å². The number of hydrogen-bond donors (Lipinski definition) is 1. The highest BCUT2D eigenvalue weighted by atomic mass is 16.6. The van der Waals surface area contributed by atoms with Crippen molar-refractivity contribution < 1.29 is 28.9 Å². The number of anilines is 1. The van der Waals surface area contributed by atoms with Crippen molar-refractivity contribution in [3.63, 3.8) is 0 Å². The molecule has 2 heterocycles. The van der Waals surface area contributed by atoms with Crippen molar-refractivity contribution in [1.29, 1.82) is 0 Å². The number of methoxy groups -OCH3 is 1. The first-order valence-corrected chi connectivity index (χ1v) is 9.45. The van der Waals surface area contributed by atoms with Gasteiger partial charge in [0.2, 0.25) is 0 Å². The molecule has 1 N–H and O–H groups in total. The molecule has 0 unspecified atom stereocenters. The third-order valence-corrected chi connectivity index (χ3v) is 5.07. The van der Waals surface area contributed by atoms with Gasteiger partial charge in [-0.25, -0.2) is 0 Å². The van der Waals surface area contributed by atoms with Crippen molar-refractivity contribution in [3.05, 3.63) is 87.2 Å². The lowest BCUT2D eigenvalue weighted by molar-refractivity contribution is -0.384. The van der Waals surface area contributed by atoms with Gasteiger partial charge in [-0.3, -0.25) is 24.6 Å². The van der Waals surface area contributed by atoms with Gasteiger partial charge in [0.05, 0.1) is 23.6 Å². The summed E-state index contributed by atoms with van der Waals surface area (Å²) in [4.78, 5) is 37.8. The fourth-order valence-corrected chi connectivity index (χ4v) is 3.56. The Hall–Kier alpha value is -4.47. The first kappa shape index (κ1) is 20.8. The largest absolute Gasteiger partial charge is 0.507 e. The Kier molecular flexibility index (Phi) is 5.19. The molecule has 1 aromatic heterocycles. The Labute approximate surface area is 181 Å². The fraction of sp³-hybridized carbons (Fsp3) is 0.136. The van der Waals surface area contributed by atoms with Crippen LogP contribution in [0.3, 0.4) is 0 Å². The fourth-order valence-electron chi connectivity index (χ4n) is 3.56. The van der Waals surface area contributed by atoms with Crippen LogP contribution in [0.1, 0.15) is 22.9 Å². The number of ketones is 1. The highest BCUT2D eigenvalue weighted by molar-refractivity contribution is 6.51. The van der Waals surface area contributed by atoms with Crippen LogP contribution < -0.4 is 9.64 Å². The van der Waals surface area contributed by atoms with Crippen LogP contribution >= 0.6 is 0 Å². The maximum absolute atomic E-state index is 13.0. The van der Waals surface area contributed by atoms with Gasteiger partial charge in [0.15, 0.2) is 5.82 Å². The van der Waals surface area contributed by atoms with Gasteiger partial charge in [-0.1, -0.05) is 17.3 Å². The average molecular weight is 435 g/mol. The van der Waals surface area contributed by atoms with Gasteiger partial charge in [0.1, 0.15) is 17.3 Å². The van der Waals surface area contributed by atoms with E-state index in [-0.39, 0.29) is 28.2 Å². The summed E-state index contributed by atoms with van der Waals surface area (Å²) in [7, 11) is 1.49. The molecule has 0 bridgehead atoms.